The third kappa shape index (κ3) is 5.90. The number of hydrogen-bond donors (Lipinski definition) is 3. The van der Waals surface area contributed by atoms with E-state index in [4.69, 9.17) is 15.3 Å². The highest BCUT2D eigenvalue weighted by Gasteiger charge is 2.33. The van der Waals surface area contributed by atoms with Crippen LogP contribution in [0.15, 0.2) is 42.7 Å². The first-order valence-electron chi connectivity index (χ1n) is 8.71. The number of nitrogens with zero attached hydrogens (tertiary/aromatic N) is 3. The maximum absolute atomic E-state index is 12.6. The van der Waals surface area contributed by atoms with Crippen LogP contribution in [0.5, 0.6) is 0 Å². The number of pyridine rings is 1. The van der Waals surface area contributed by atoms with E-state index in [-0.39, 0.29) is 28.2 Å². The summed E-state index contributed by atoms with van der Waals surface area (Å²) in [6.45, 7) is 2.88. The van der Waals surface area contributed by atoms with Crippen molar-refractivity contribution in [3.05, 3.63) is 76.2 Å². The normalized spacial score (nSPS) is 10.8. The average molecular weight is 451 g/mol. The minimum absolute atomic E-state index is 0.00241. The zero-order valence-corrected chi connectivity index (χ0v) is 16.6. The van der Waals surface area contributed by atoms with Crippen molar-refractivity contribution in [1.82, 2.24) is 14.8 Å². The van der Waals surface area contributed by atoms with Gasteiger partial charge in [0, 0.05) is 6.20 Å². The van der Waals surface area contributed by atoms with E-state index in [1.807, 2.05) is 0 Å². The van der Waals surface area contributed by atoms with E-state index in [0.29, 0.717) is 5.56 Å². The van der Waals surface area contributed by atoms with Gasteiger partial charge >= 0.3 is 24.1 Å². The topological polar surface area (TPSA) is 143 Å². The first-order chi connectivity index (χ1) is 14.8. The largest absolute Gasteiger partial charge is 0.478 e. The summed E-state index contributed by atoms with van der Waals surface area (Å²) < 4.78 is 38.8. The van der Waals surface area contributed by atoms with Gasteiger partial charge in [-0.2, -0.15) is 18.3 Å². The van der Waals surface area contributed by atoms with E-state index in [1.54, 1.807) is 6.92 Å². The molecular formula is C20H16F3N3O6. The molecule has 3 N–H and O–H groups in total. The van der Waals surface area contributed by atoms with Crippen molar-refractivity contribution in [2.75, 3.05) is 0 Å². The van der Waals surface area contributed by atoms with Gasteiger partial charge in [0.25, 0.3) is 0 Å². The summed E-state index contributed by atoms with van der Waals surface area (Å²) in [7, 11) is 0. The maximum Gasteiger partial charge on any atom is 0.418 e. The molecule has 0 fully saturated rings. The lowest BCUT2D eigenvalue weighted by Gasteiger charge is -2.10. The van der Waals surface area contributed by atoms with Gasteiger partial charge in [0.1, 0.15) is 0 Å². The molecule has 32 heavy (non-hydrogen) atoms. The number of carboxylic acids is 3. The van der Waals surface area contributed by atoms with Gasteiger partial charge in [-0.1, -0.05) is 0 Å². The molecule has 0 saturated carbocycles. The number of aromatic carboxylic acids is 3. The van der Waals surface area contributed by atoms with Gasteiger partial charge in [0.05, 0.1) is 34.1 Å². The van der Waals surface area contributed by atoms with Crippen LogP contribution in [-0.4, -0.2) is 48.0 Å². The van der Waals surface area contributed by atoms with E-state index in [2.05, 4.69) is 10.1 Å². The van der Waals surface area contributed by atoms with Crippen LogP contribution < -0.4 is 0 Å². The predicted octanol–water partition coefficient (Wildman–Crippen LogP) is 3.68. The summed E-state index contributed by atoms with van der Waals surface area (Å²) in [5, 5.41) is 29.7. The highest BCUT2D eigenvalue weighted by molar-refractivity contribution is 5.94. The van der Waals surface area contributed by atoms with Gasteiger partial charge in [-0.15, -0.1) is 0 Å². The van der Waals surface area contributed by atoms with Gasteiger partial charge in [-0.25, -0.2) is 24.0 Å². The van der Waals surface area contributed by atoms with E-state index in [1.165, 1.54) is 25.3 Å². The van der Waals surface area contributed by atoms with Crippen LogP contribution in [0, 0.1) is 13.8 Å². The molecule has 2 aromatic heterocycles. The number of rotatable bonds is 4. The number of halogens is 3. The van der Waals surface area contributed by atoms with E-state index in [0.717, 1.165) is 29.1 Å². The quantitative estimate of drug-likeness (QED) is 0.545. The summed E-state index contributed by atoms with van der Waals surface area (Å²) in [6, 6.07) is 6.01. The van der Waals surface area contributed by atoms with Crippen molar-refractivity contribution >= 4 is 17.9 Å². The van der Waals surface area contributed by atoms with Crippen LogP contribution in [0.4, 0.5) is 13.2 Å². The minimum Gasteiger partial charge on any atom is -0.478 e. The second-order valence-electron chi connectivity index (χ2n) is 6.48. The van der Waals surface area contributed by atoms with Crippen LogP contribution in [0.1, 0.15) is 47.9 Å². The highest BCUT2D eigenvalue weighted by Crippen LogP contribution is 2.31. The summed E-state index contributed by atoms with van der Waals surface area (Å²) in [5.41, 5.74) is -0.481. The summed E-state index contributed by atoms with van der Waals surface area (Å²) >= 11 is 0. The number of carboxylic acid groups (broad SMARTS) is 3. The van der Waals surface area contributed by atoms with Crippen molar-refractivity contribution in [2.45, 2.75) is 20.0 Å². The van der Waals surface area contributed by atoms with Crippen LogP contribution in [0.2, 0.25) is 0 Å². The lowest BCUT2D eigenvalue weighted by atomic mass is 10.1. The molecule has 0 unspecified atom stereocenters. The number of benzene rings is 1. The summed E-state index contributed by atoms with van der Waals surface area (Å²) in [6.07, 6.45) is -2.19. The fourth-order valence-electron chi connectivity index (χ4n) is 2.56. The molecule has 168 valence electrons. The second-order valence-corrected chi connectivity index (χ2v) is 6.48. The monoisotopic (exact) mass is 451 g/mol. The highest BCUT2D eigenvalue weighted by atomic mass is 19.4. The third-order valence-corrected chi connectivity index (χ3v) is 4.01. The van der Waals surface area contributed by atoms with Crippen molar-refractivity contribution < 1.29 is 42.9 Å². The van der Waals surface area contributed by atoms with E-state index in [9.17, 15) is 27.6 Å². The zero-order chi connectivity index (χ0) is 24.2. The van der Waals surface area contributed by atoms with Gasteiger partial charge in [-0.3, -0.25) is 0 Å². The Labute approximate surface area is 178 Å². The van der Waals surface area contributed by atoms with Crippen LogP contribution >= 0.6 is 0 Å². The molecule has 0 aliphatic rings. The SMILES string of the molecule is Cc1cc(C(=O)O)cc(C(=O)O)c1.Cc1nc(-n2cc(C(=O)O)cn2)ccc1C(F)(F)F. The molecule has 0 amide bonds. The molecule has 0 bridgehead atoms. The van der Waals surface area contributed by atoms with Gasteiger partial charge in [-0.05, 0) is 49.7 Å². The van der Waals surface area contributed by atoms with Crippen molar-refractivity contribution in [3.8, 4) is 5.82 Å². The van der Waals surface area contributed by atoms with Gasteiger partial charge in [0.15, 0.2) is 5.82 Å². The molecule has 3 aromatic rings. The third-order valence-electron chi connectivity index (χ3n) is 4.01. The molecule has 1 aromatic carbocycles. The Balaban J connectivity index is 0.000000244. The first kappa shape index (κ1) is 24.1. The Morgan fingerprint density at radius 1 is 0.875 bits per heavy atom. The molecule has 0 atom stereocenters. The number of carbonyl (C=O) groups is 3. The Morgan fingerprint density at radius 3 is 1.81 bits per heavy atom. The number of hydrogen-bond acceptors (Lipinski definition) is 5. The lowest BCUT2D eigenvalue weighted by molar-refractivity contribution is -0.138. The molecule has 12 heteroatoms. The lowest BCUT2D eigenvalue weighted by Crippen LogP contribution is -2.10. The Morgan fingerprint density at radius 2 is 1.41 bits per heavy atom. The number of aryl methyl sites for hydroxylation is 2. The maximum atomic E-state index is 12.6. The Hall–Kier alpha value is -4.22. The molecule has 0 saturated heterocycles. The fraction of sp³-hybridized carbons (Fsp3) is 0.150. The second kappa shape index (κ2) is 9.29. The smallest absolute Gasteiger partial charge is 0.418 e. The summed E-state index contributed by atoms with van der Waals surface area (Å²) in [5.74, 6) is -3.29. The summed E-state index contributed by atoms with van der Waals surface area (Å²) in [4.78, 5) is 35.5. The van der Waals surface area contributed by atoms with Crippen LogP contribution in [0.3, 0.4) is 0 Å². The Kier molecular flexibility index (Phi) is 6.98. The average Bonchev–Trinajstić information content (AvgIpc) is 3.17. The van der Waals surface area contributed by atoms with Crippen LogP contribution in [-0.2, 0) is 6.18 Å². The van der Waals surface area contributed by atoms with Crippen molar-refractivity contribution in [3.63, 3.8) is 0 Å². The standard InChI is InChI=1S/C11H8F3N3O2.C9H8O4/c1-6-8(11(12,13)14)2-3-9(16-6)17-5-7(4-15-17)10(18)19;1-5-2-6(8(10)11)4-7(3-5)9(12)13/h2-5H,1H3,(H,18,19);2-4H,1H3,(H,10,11)(H,12,13). The minimum atomic E-state index is -4.47. The van der Waals surface area contributed by atoms with Crippen molar-refractivity contribution in [1.29, 1.82) is 0 Å². The molecule has 2 heterocycles. The van der Waals surface area contributed by atoms with Gasteiger partial charge < -0.3 is 15.3 Å². The molecule has 0 aliphatic heterocycles. The number of alkyl halides is 3. The van der Waals surface area contributed by atoms with Gasteiger partial charge in [0.2, 0.25) is 0 Å². The molecular weight excluding hydrogens is 435 g/mol. The molecule has 3 rings (SSSR count). The van der Waals surface area contributed by atoms with Crippen LogP contribution in [0.25, 0.3) is 5.82 Å². The fourth-order valence-corrected chi connectivity index (χ4v) is 2.56. The molecule has 0 spiro atoms. The first-order valence-corrected chi connectivity index (χ1v) is 8.71. The molecule has 9 nitrogen and oxygen atoms in total. The molecule has 0 aliphatic carbocycles. The van der Waals surface area contributed by atoms with E-state index < -0.39 is 29.6 Å². The van der Waals surface area contributed by atoms with Crippen molar-refractivity contribution in [2.24, 2.45) is 0 Å². The zero-order valence-electron chi connectivity index (χ0n) is 16.6. The Bertz CT molecular complexity index is 1160. The predicted molar refractivity (Wildman–Crippen MR) is 103 cm³/mol. The molecule has 0 radical (unpaired) electrons. The van der Waals surface area contributed by atoms with E-state index >= 15 is 0 Å². The number of aromatic nitrogens is 3.